The Morgan fingerprint density at radius 3 is 2.78 bits per heavy atom. The molecule has 0 aromatic carbocycles. The predicted octanol–water partition coefficient (Wildman–Crippen LogP) is 4.52. The summed E-state index contributed by atoms with van der Waals surface area (Å²) < 4.78 is 5.52. The molecule has 1 saturated heterocycles. The molecule has 1 fully saturated rings. The molecule has 5 heteroatoms. The second-order valence-corrected chi connectivity index (χ2v) is 6.93. The Hall–Kier alpha value is -1.98. The summed E-state index contributed by atoms with van der Waals surface area (Å²) in [6.07, 6.45) is 17.2. The number of hydrogen-bond donors (Lipinski definition) is 2. The van der Waals surface area contributed by atoms with Gasteiger partial charge in [-0.25, -0.2) is 0 Å². The lowest BCUT2D eigenvalue weighted by molar-refractivity contribution is -0.163. The van der Waals surface area contributed by atoms with Gasteiger partial charge in [-0.2, -0.15) is 5.06 Å². The van der Waals surface area contributed by atoms with Gasteiger partial charge in [-0.1, -0.05) is 25.2 Å². The molecule has 0 unspecified atom stereocenters. The number of hydroxylamine groups is 2. The Balaban J connectivity index is 1.69. The maximum atomic E-state index is 9.57. The summed E-state index contributed by atoms with van der Waals surface area (Å²) in [6, 6.07) is 0. The van der Waals surface area contributed by atoms with Crippen LogP contribution in [0.1, 0.15) is 45.4 Å². The lowest BCUT2D eigenvalue weighted by Crippen LogP contribution is -2.34. The number of piperidine rings is 1. The largest absolute Gasteiger partial charge is 0.513 e. The first-order valence-electron chi connectivity index (χ1n) is 9.95. The number of aliphatic hydroxyl groups excluding tert-OH is 1. The Kier molecular flexibility index (Phi) is 9.22. The zero-order chi connectivity index (χ0) is 19.5. The number of nitrogens with zero attached hydrogens (tertiary/aromatic N) is 1. The van der Waals surface area contributed by atoms with Gasteiger partial charge in [0.15, 0.2) is 0 Å². The lowest BCUT2D eigenvalue weighted by atomic mass is 9.95. The van der Waals surface area contributed by atoms with E-state index < -0.39 is 0 Å². The highest BCUT2D eigenvalue weighted by Gasteiger charge is 2.22. The highest BCUT2D eigenvalue weighted by Crippen LogP contribution is 2.25. The van der Waals surface area contributed by atoms with Gasteiger partial charge >= 0.3 is 0 Å². The number of hydrogen-bond acceptors (Lipinski definition) is 5. The highest BCUT2D eigenvalue weighted by atomic mass is 16.7. The molecule has 0 aromatic rings. The number of ether oxygens (including phenoxy) is 1. The first-order chi connectivity index (χ1) is 13.1. The van der Waals surface area contributed by atoms with Crippen molar-refractivity contribution < 1.29 is 14.7 Å². The summed E-state index contributed by atoms with van der Waals surface area (Å²) in [6.45, 7) is 4.52. The third kappa shape index (κ3) is 7.27. The van der Waals surface area contributed by atoms with Crippen LogP contribution in [0.4, 0.5) is 0 Å². The Morgan fingerprint density at radius 2 is 2.07 bits per heavy atom. The van der Waals surface area contributed by atoms with Crippen molar-refractivity contribution in [3.05, 3.63) is 59.2 Å². The SMILES string of the molecule is CCC=C(OC)C1CCN(OC/C=C\C=C(/N)C2=CCC=C(O)CC2)CC1. The Bertz CT molecular complexity index is 609. The second kappa shape index (κ2) is 11.7. The van der Waals surface area contributed by atoms with Gasteiger partial charge < -0.3 is 15.6 Å². The van der Waals surface area contributed by atoms with E-state index in [1.807, 2.05) is 29.4 Å². The molecule has 3 N–H and O–H groups in total. The smallest absolute Gasteiger partial charge is 0.0947 e. The molecule has 0 saturated carbocycles. The fourth-order valence-electron chi connectivity index (χ4n) is 3.44. The summed E-state index contributed by atoms with van der Waals surface area (Å²) in [7, 11) is 1.76. The van der Waals surface area contributed by atoms with Crippen LogP contribution in [-0.4, -0.2) is 37.0 Å². The van der Waals surface area contributed by atoms with Crippen molar-refractivity contribution in [2.75, 3.05) is 26.8 Å². The summed E-state index contributed by atoms with van der Waals surface area (Å²) in [5.74, 6) is 2.08. The third-order valence-electron chi connectivity index (χ3n) is 5.00. The Morgan fingerprint density at radius 1 is 1.30 bits per heavy atom. The summed E-state index contributed by atoms with van der Waals surface area (Å²) in [5, 5.41) is 11.6. The molecule has 150 valence electrons. The van der Waals surface area contributed by atoms with Crippen molar-refractivity contribution in [3.63, 3.8) is 0 Å². The van der Waals surface area contributed by atoms with Gasteiger partial charge in [0.1, 0.15) is 0 Å². The Labute approximate surface area is 163 Å². The second-order valence-electron chi connectivity index (χ2n) is 6.93. The first-order valence-corrected chi connectivity index (χ1v) is 9.95. The predicted molar refractivity (Wildman–Crippen MR) is 110 cm³/mol. The molecule has 2 rings (SSSR count). The molecule has 0 atom stereocenters. The zero-order valence-electron chi connectivity index (χ0n) is 16.7. The minimum Gasteiger partial charge on any atom is -0.513 e. The molecule has 5 nitrogen and oxygen atoms in total. The van der Waals surface area contributed by atoms with E-state index in [9.17, 15) is 5.11 Å². The fourth-order valence-corrected chi connectivity index (χ4v) is 3.44. The van der Waals surface area contributed by atoms with E-state index in [2.05, 4.69) is 19.1 Å². The molecule has 2 aliphatic rings. The molecular formula is C22H34N2O3. The van der Waals surface area contributed by atoms with E-state index in [-0.39, 0.29) is 0 Å². The van der Waals surface area contributed by atoms with E-state index in [0.717, 1.165) is 62.2 Å². The number of aliphatic hydroxyl groups is 1. The first kappa shape index (κ1) is 21.3. The maximum Gasteiger partial charge on any atom is 0.0947 e. The third-order valence-corrected chi connectivity index (χ3v) is 5.00. The van der Waals surface area contributed by atoms with Gasteiger partial charge in [0.05, 0.1) is 25.2 Å². The number of methoxy groups -OCH3 is 1. The van der Waals surface area contributed by atoms with Crippen LogP contribution in [0.3, 0.4) is 0 Å². The molecule has 0 bridgehead atoms. The van der Waals surface area contributed by atoms with Crippen molar-refractivity contribution in [3.8, 4) is 0 Å². The average Bonchev–Trinajstić information content (AvgIpc) is 2.91. The minimum absolute atomic E-state index is 0.449. The summed E-state index contributed by atoms with van der Waals surface area (Å²) >= 11 is 0. The van der Waals surface area contributed by atoms with Crippen LogP contribution in [0.5, 0.6) is 0 Å². The normalized spacial score (nSPS) is 21.1. The van der Waals surface area contributed by atoms with Gasteiger partial charge in [0, 0.05) is 31.1 Å². The fraction of sp³-hybridized carbons (Fsp3) is 0.545. The molecule has 1 aliphatic heterocycles. The van der Waals surface area contributed by atoms with Crippen LogP contribution in [0, 0.1) is 5.92 Å². The molecule has 0 radical (unpaired) electrons. The maximum absolute atomic E-state index is 9.57. The monoisotopic (exact) mass is 374 g/mol. The lowest BCUT2D eigenvalue weighted by Gasteiger charge is -2.31. The van der Waals surface area contributed by atoms with Crippen LogP contribution in [0.2, 0.25) is 0 Å². The molecule has 0 spiro atoms. The van der Waals surface area contributed by atoms with Crippen molar-refractivity contribution in [1.82, 2.24) is 5.06 Å². The van der Waals surface area contributed by atoms with Gasteiger partial charge in [0.2, 0.25) is 0 Å². The molecular weight excluding hydrogens is 340 g/mol. The molecule has 1 heterocycles. The highest BCUT2D eigenvalue weighted by molar-refractivity contribution is 5.33. The van der Waals surface area contributed by atoms with Crippen LogP contribution >= 0.6 is 0 Å². The van der Waals surface area contributed by atoms with Gasteiger partial charge in [-0.05, 0) is 55.9 Å². The van der Waals surface area contributed by atoms with Crippen molar-refractivity contribution >= 4 is 0 Å². The van der Waals surface area contributed by atoms with E-state index in [1.54, 1.807) is 7.11 Å². The molecule has 27 heavy (non-hydrogen) atoms. The van der Waals surface area contributed by atoms with Gasteiger partial charge in [-0.3, -0.25) is 4.84 Å². The van der Waals surface area contributed by atoms with Crippen molar-refractivity contribution in [2.24, 2.45) is 11.7 Å². The number of nitrogens with two attached hydrogens (primary N) is 1. The minimum atomic E-state index is 0.449. The van der Waals surface area contributed by atoms with Crippen molar-refractivity contribution in [1.29, 1.82) is 0 Å². The number of rotatable bonds is 8. The average molecular weight is 375 g/mol. The van der Waals surface area contributed by atoms with E-state index >= 15 is 0 Å². The topological polar surface area (TPSA) is 68.0 Å². The molecule has 1 aliphatic carbocycles. The van der Waals surface area contributed by atoms with Crippen LogP contribution in [0.25, 0.3) is 0 Å². The number of allylic oxidation sites excluding steroid dienone is 8. The van der Waals surface area contributed by atoms with Crippen LogP contribution < -0.4 is 5.73 Å². The summed E-state index contributed by atoms with van der Waals surface area (Å²) in [5.41, 5.74) is 7.99. The molecule has 0 amide bonds. The molecule has 0 aromatic heterocycles. The quantitative estimate of drug-likeness (QED) is 0.483. The standard InChI is InChI=1S/C22H34N2O3/c1-3-7-22(26-2)19-13-15-24(16-14-19)27-17-5-4-10-21(23)18-8-6-9-20(25)12-11-18/h4-5,7-10,19,25H,3,6,11-17,23H2,1-2H3/b5-4-,21-10-,22-7?. The summed E-state index contributed by atoms with van der Waals surface area (Å²) in [4.78, 5) is 5.83. The van der Waals surface area contributed by atoms with Gasteiger partial charge in [-0.15, -0.1) is 0 Å². The van der Waals surface area contributed by atoms with Crippen LogP contribution in [-0.2, 0) is 9.57 Å². The van der Waals surface area contributed by atoms with Crippen molar-refractivity contribution in [2.45, 2.75) is 45.4 Å². The van der Waals surface area contributed by atoms with E-state index in [1.165, 1.54) is 0 Å². The van der Waals surface area contributed by atoms with Gasteiger partial charge in [0.25, 0.3) is 0 Å². The zero-order valence-corrected chi connectivity index (χ0v) is 16.7. The van der Waals surface area contributed by atoms with Crippen LogP contribution in [0.15, 0.2) is 59.2 Å². The van der Waals surface area contributed by atoms with E-state index in [4.69, 9.17) is 15.3 Å². The van der Waals surface area contributed by atoms with E-state index in [0.29, 0.717) is 24.7 Å².